The minimum absolute atomic E-state index is 0. The molecule has 0 amide bonds. The summed E-state index contributed by atoms with van der Waals surface area (Å²) in [6.45, 7) is 17.8. The molecular weight excluding hydrogens is 962 g/mol. The van der Waals surface area contributed by atoms with Crippen LogP contribution in [0.15, 0.2) is 164 Å². The Labute approximate surface area is 392 Å². The third-order valence-corrected chi connectivity index (χ3v) is 12.9. The molecule has 0 bridgehead atoms. The van der Waals surface area contributed by atoms with Crippen molar-refractivity contribution in [1.82, 2.24) is 14.5 Å². The summed E-state index contributed by atoms with van der Waals surface area (Å²) in [7, 11) is 0. The van der Waals surface area contributed by atoms with Gasteiger partial charge >= 0.3 is 0 Å². The van der Waals surface area contributed by atoms with E-state index >= 15 is 0 Å². The second kappa shape index (κ2) is 16.0. The first-order valence-electron chi connectivity index (χ1n) is 22.0. The zero-order valence-electron chi connectivity index (χ0n) is 37.7. The fourth-order valence-corrected chi connectivity index (χ4v) is 9.47. The Morgan fingerprint density at radius 3 is 1.88 bits per heavy atom. The molecule has 10 rings (SSSR count). The van der Waals surface area contributed by atoms with Crippen LogP contribution >= 0.6 is 0 Å². The van der Waals surface area contributed by atoms with E-state index in [0.717, 1.165) is 72.5 Å². The van der Waals surface area contributed by atoms with Crippen LogP contribution in [0.1, 0.15) is 77.6 Å². The molecule has 320 valence electrons. The zero-order valence-corrected chi connectivity index (χ0v) is 40.0. The average molecular weight is 1010 g/mol. The predicted molar refractivity (Wildman–Crippen MR) is 262 cm³/mol. The van der Waals surface area contributed by atoms with Crippen LogP contribution in [0.4, 0.5) is 0 Å². The van der Waals surface area contributed by atoms with Crippen molar-refractivity contribution in [3.05, 3.63) is 192 Å². The van der Waals surface area contributed by atoms with Crippen molar-refractivity contribution in [2.24, 2.45) is 0 Å². The van der Waals surface area contributed by atoms with Gasteiger partial charge in [-0.15, -0.1) is 23.8 Å². The molecule has 2 heterocycles. The Morgan fingerprint density at radius 1 is 0.547 bits per heavy atom. The molecule has 9 aromatic rings. The molecule has 0 saturated heterocycles. The Kier molecular flexibility index (Phi) is 10.7. The Bertz CT molecular complexity index is 3220. The fourth-order valence-electron chi connectivity index (χ4n) is 9.47. The van der Waals surface area contributed by atoms with Gasteiger partial charge in [-0.05, 0) is 62.4 Å². The summed E-state index contributed by atoms with van der Waals surface area (Å²) in [4.78, 5) is 10.8. The fraction of sp³-hybridized carbons (Fsp3) is 0.186. The van der Waals surface area contributed by atoms with Gasteiger partial charge in [-0.2, -0.15) is 0 Å². The van der Waals surface area contributed by atoms with Crippen LogP contribution in [0.2, 0.25) is 0 Å². The van der Waals surface area contributed by atoms with Crippen molar-refractivity contribution in [2.75, 3.05) is 0 Å². The summed E-state index contributed by atoms with van der Waals surface area (Å²) in [6, 6.07) is 59.6. The van der Waals surface area contributed by atoms with E-state index in [9.17, 15) is 5.11 Å². The van der Waals surface area contributed by atoms with E-state index in [1.807, 2.05) is 12.3 Å². The van der Waals surface area contributed by atoms with E-state index in [0.29, 0.717) is 11.4 Å². The van der Waals surface area contributed by atoms with Gasteiger partial charge in [-0.3, -0.25) is 9.55 Å². The number of aromatic hydroxyl groups is 1. The normalized spacial score (nSPS) is 13.1. The minimum Gasteiger partial charge on any atom is -0.507 e. The first-order valence-corrected chi connectivity index (χ1v) is 22.0. The van der Waals surface area contributed by atoms with Gasteiger partial charge in [-0.1, -0.05) is 199 Å². The van der Waals surface area contributed by atoms with E-state index in [2.05, 4.69) is 218 Å². The molecule has 0 unspecified atom stereocenters. The smallest absolute Gasteiger partial charge is 0.148 e. The molecule has 4 nitrogen and oxygen atoms in total. The van der Waals surface area contributed by atoms with Gasteiger partial charge in [0.25, 0.3) is 0 Å². The van der Waals surface area contributed by atoms with Gasteiger partial charge in [0.15, 0.2) is 0 Å². The van der Waals surface area contributed by atoms with Crippen LogP contribution in [0.3, 0.4) is 0 Å². The maximum atomic E-state index is 12.5. The second-order valence-electron chi connectivity index (χ2n) is 19.6. The van der Waals surface area contributed by atoms with Gasteiger partial charge in [0.1, 0.15) is 11.6 Å². The first-order chi connectivity index (χ1) is 30.2. The van der Waals surface area contributed by atoms with E-state index in [1.165, 1.54) is 22.3 Å². The second-order valence-corrected chi connectivity index (χ2v) is 19.6. The van der Waals surface area contributed by atoms with Crippen molar-refractivity contribution < 1.29 is 26.2 Å². The molecule has 64 heavy (non-hydrogen) atoms. The molecule has 0 saturated carbocycles. The van der Waals surface area contributed by atoms with Gasteiger partial charge in [0.05, 0.1) is 22.3 Å². The number of hydrogen-bond donors (Lipinski definition) is 1. The van der Waals surface area contributed by atoms with Gasteiger partial charge < -0.3 is 5.11 Å². The molecule has 1 aliphatic rings. The Morgan fingerprint density at radius 2 is 1.17 bits per heavy atom. The first kappa shape index (κ1) is 42.9. The molecule has 0 atom stereocenters. The Balaban J connectivity index is 0.00000518. The molecule has 0 fully saturated rings. The van der Waals surface area contributed by atoms with Gasteiger partial charge in [-0.25, -0.2) is 4.98 Å². The number of rotatable bonds is 6. The largest absolute Gasteiger partial charge is 0.507 e. The molecule has 5 heteroatoms. The Hall–Kier alpha value is -6.35. The molecule has 7 aromatic carbocycles. The van der Waals surface area contributed by atoms with Crippen molar-refractivity contribution in [3.63, 3.8) is 0 Å². The van der Waals surface area contributed by atoms with Crippen molar-refractivity contribution in [2.45, 2.75) is 71.6 Å². The number of phenols is 1. The number of para-hydroxylation sites is 2. The molecule has 0 aliphatic heterocycles. The molecule has 1 aliphatic carbocycles. The summed E-state index contributed by atoms with van der Waals surface area (Å²) in [5, 5.41) is 12.5. The summed E-state index contributed by atoms with van der Waals surface area (Å²) in [6.07, 6.45) is 2.05. The number of fused-ring (bicyclic) bond motifs is 4. The minimum atomic E-state index is -0.323. The standard InChI is InChI=1S/C59H52N3O.Pt/c1-57(2,3)42-33-46(55(63)50(34-42)58(4,5)6)56-61-54-44(26-19-29-53(54)62(56)52-28-18-16-24-43(52)38-22-13-10-14-23-38)40-30-39(37-20-11-9-12-21-37)31-41(32-40)51-35-49-47(36-60-51)45-25-15-17-27-48(45)59(49,7)8;/h9-31,33-36,63H,1-8H3;/q-1;. The molecule has 1 N–H and O–H groups in total. The predicted octanol–water partition coefficient (Wildman–Crippen LogP) is 15.2. The molecular formula is C59H52N3OPt-. The number of hydrogen-bond acceptors (Lipinski definition) is 3. The maximum Gasteiger partial charge on any atom is 0.148 e. The van der Waals surface area contributed by atoms with Crippen molar-refractivity contribution >= 4 is 11.0 Å². The molecule has 0 spiro atoms. The van der Waals surface area contributed by atoms with E-state index in [4.69, 9.17) is 9.97 Å². The summed E-state index contributed by atoms with van der Waals surface area (Å²) < 4.78 is 2.25. The van der Waals surface area contributed by atoms with Crippen LogP contribution in [0.25, 0.3) is 83.9 Å². The number of imidazole rings is 1. The van der Waals surface area contributed by atoms with Crippen LogP contribution in [-0.2, 0) is 37.3 Å². The quantitative estimate of drug-likeness (QED) is 0.169. The van der Waals surface area contributed by atoms with Gasteiger partial charge in [0, 0.05) is 55.1 Å². The van der Waals surface area contributed by atoms with Crippen LogP contribution in [0, 0.1) is 6.07 Å². The summed E-state index contributed by atoms with van der Waals surface area (Å²) >= 11 is 0. The van der Waals surface area contributed by atoms with Gasteiger partial charge in [0.2, 0.25) is 0 Å². The number of pyridine rings is 1. The number of benzene rings is 7. The number of phenolic OH excluding ortho intramolecular Hbond substituents is 1. The average Bonchev–Trinajstić information content (AvgIpc) is 3.78. The summed E-state index contributed by atoms with van der Waals surface area (Å²) in [5.74, 6) is 0.926. The van der Waals surface area contributed by atoms with Crippen LogP contribution < -0.4 is 0 Å². The third-order valence-electron chi connectivity index (χ3n) is 12.9. The maximum absolute atomic E-state index is 12.5. The number of nitrogens with zero attached hydrogens (tertiary/aromatic N) is 3. The zero-order chi connectivity index (χ0) is 43.8. The van der Waals surface area contributed by atoms with Crippen molar-refractivity contribution in [3.8, 4) is 78.6 Å². The monoisotopic (exact) mass is 1010 g/mol. The van der Waals surface area contributed by atoms with Crippen LogP contribution in [0.5, 0.6) is 5.75 Å². The third kappa shape index (κ3) is 7.32. The topological polar surface area (TPSA) is 50.9 Å². The van der Waals surface area contributed by atoms with E-state index in [1.54, 1.807) is 0 Å². The van der Waals surface area contributed by atoms with E-state index in [-0.39, 0.29) is 43.1 Å². The van der Waals surface area contributed by atoms with E-state index < -0.39 is 0 Å². The van der Waals surface area contributed by atoms with Crippen LogP contribution in [-0.4, -0.2) is 19.6 Å². The number of aromatic nitrogens is 3. The van der Waals surface area contributed by atoms with Crippen molar-refractivity contribution in [1.29, 1.82) is 0 Å². The molecule has 0 radical (unpaired) electrons. The molecule has 2 aromatic heterocycles. The SMILES string of the molecule is CC(C)(C)c1cc(-c2nc3c(-c4[c-]c(-c5cc6c(cn5)-c5ccccc5C6(C)C)cc(-c5ccccc5)c4)cccc3n2-c2ccccc2-c2ccccc2)c(O)c(C(C)(C)C)c1.[Pt]. The summed E-state index contributed by atoms with van der Waals surface area (Å²) in [5.41, 5.74) is 17.8.